The molecule has 0 saturated heterocycles. The van der Waals surface area contributed by atoms with Gasteiger partial charge in [0.25, 0.3) is 0 Å². The quantitative estimate of drug-likeness (QED) is 0.650. The van der Waals surface area contributed by atoms with Crippen molar-refractivity contribution in [2.45, 2.75) is 65.2 Å². The van der Waals surface area contributed by atoms with Gasteiger partial charge in [-0.05, 0) is 18.3 Å². The first-order valence-electron chi connectivity index (χ1n) is 6.27. The summed E-state index contributed by atoms with van der Waals surface area (Å²) in [4.78, 5) is 11.2. The van der Waals surface area contributed by atoms with Gasteiger partial charge in [0.2, 0.25) is 0 Å². The molecule has 0 bridgehead atoms. The van der Waals surface area contributed by atoms with Crippen molar-refractivity contribution in [1.29, 1.82) is 0 Å². The van der Waals surface area contributed by atoms with Crippen molar-refractivity contribution in [3.8, 4) is 0 Å². The molecule has 0 radical (unpaired) electrons. The normalized spacial score (nSPS) is 27.6. The van der Waals surface area contributed by atoms with E-state index >= 15 is 0 Å². The van der Waals surface area contributed by atoms with Gasteiger partial charge >= 0.3 is 0 Å². The predicted octanol–water partition coefficient (Wildman–Crippen LogP) is 3.96. The van der Waals surface area contributed by atoms with Crippen molar-refractivity contribution < 1.29 is 4.79 Å². The maximum atomic E-state index is 11.2. The van der Waals surface area contributed by atoms with Gasteiger partial charge in [0.05, 0.1) is 0 Å². The van der Waals surface area contributed by atoms with Gasteiger partial charge in [-0.3, -0.25) is 4.79 Å². The molecule has 0 aliphatic heterocycles. The monoisotopic (exact) mass is 196 g/mol. The standard InChI is InChI=1S/C13H24O/c1-3-11-5-7-12(8-6-11)9-10-13(14)4-2/h11-12H,3-10H2,1-2H3/t11-,12+. The lowest BCUT2D eigenvalue weighted by atomic mass is 9.79. The van der Waals surface area contributed by atoms with Gasteiger partial charge in [-0.15, -0.1) is 0 Å². The van der Waals surface area contributed by atoms with Gasteiger partial charge in [0.1, 0.15) is 5.78 Å². The Morgan fingerprint density at radius 3 is 2.14 bits per heavy atom. The molecule has 0 heterocycles. The summed E-state index contributed by atoms with van der Waals surface area (Å²) >= 11 is 0. The molecule has 82 valence electrons. The SMILES string of the molecule is CCC(=O)CC[C@H]1CC[C@@H](CC)CC1. The number of rotatable bonds is 5. The van der Waals surface area contributed by atoms with Crippen LogP contribution in [0.2, 0.25) is 0 Å². The fourth-order valence-electron chi connectivity index (χ4n) is 2.47. The highest BCUT2D eigenvalue weighted by Crippen LogP contribution is 2.32. The zero-order valence-electron chi connectivity index (χ0n) is 9.72. The molecule has 0 aromatic heterocycles. The molecular formula is C13H24O. The molecule has 1 heteroatoms. The van der Waals surface area contributed by atoms with Crippen molar-refractivity contribution >= 4 is 5.78 Å². The molecule has 1 aliphatic carbocycles. The average molecular weight is 196 g/mol. The lowest BCUT2D eigenvalue weighted by molar-refractivity contribution is -0.119. The smallest absolute Gasteiger partial charge is 0.132 e. The molecule has 0 atom stereocenters. The van der Waals surface area contributed by atoms with Gasteiger partial charge in [-0.25, -0.2) is 0 Å². The van der Waals surface area contributed by atoms with Crippen molar-refractivity contribution in [2.75, 3.05) is 0 Å². The first-order valence-corrected chi connectivity index (χ1v) is 6.27. The van der Waals surface area contributed by atoms with E-state index in [2.05, 4.69) is 6.92 Å². The largest absolute Gasteiger partial charge is 0.300 e. The fourth-order valence-corrected chi connectivity index (χ4v) is 2.47. The van der Waals surface area contributed by atoms with E-state index in [1.807, 2.05) is 6.92 Å². The zero-order chi connectivity index (χ0) is 10.4. The summed E-state index contributed by atoms with van der Waals surface area (Å²) < 4.78 is 0. The first-order chi connectivity index (χ1) is 6.76. The highest BCUT2D eigenvalue weighted by atomic mass is 16.1. The number of Topliss-reactive ketones (excluding diaryl/α,β-unsaturated/α-hetero) is 1. The molecule has 1 saturated carbocycles. The van der Waals surface area contributed by atoms with Crippen LogP contribution >= 0.6 is 0 Å². The van der Waals surface area contributed by atoms with Crippen molar-refractivity contribution in [3.05, 3.63) is 0 Å². The lowest BCUT2D eigenvalue weighted by Gasteiger charge is -2.27. The number of hydrogen-bond acceptors (Lipinski definition) is 1. The van der Waals surface area contributed by atoms with Crippen LogP contribution in [0.15, 0.2) is 0 Å². The van der Waals surface area contributed by atoms with Crippen LogP contribution in [0.5, 0.6) is 0 Å². The van der Waals surface area contributed by atoms with Gasteiger partial charge in [-0.1, -0.05) is 46.0 Å². The highest BCUT2D eigenvalue weighted by Gasteiger charge is 2.19. The molecule has 1 fully saturated rings. The Morgan fingerprint density at radius 1 is 1.07 bits per heavy atom. The molecule has 1 aliphatic rings. The Balaban J connectivity index is 2.13. The van der Waals surface area contributed by atoms with Gasteiger partial charge in [-0.2, -0.15) is 0 Å². The van der Waals surface area contributed by atoms with Gasteiger partial charge in [0, 0.05) is 12.8 Å². The maximum absolute atomic E-state index is 11.2. The minimum absolute atomic E-state index is 0.447. The van der Waals surface area contributed by atoms with Crippen molar-refractivity contribution in [1.82, 2.24) is 0 Å². The van der Waals surface area contributed by atoms with Crippen LogP contribution in [0.25, 0.3) is 0 Å². The number of hydrogen-bond donors (Lipinski definition) is 0. The summed E-state index contributed by atoms with van der Waals surface area (Å²) in [5.74, 6) is 2.28. The Labute approximate surface area is 88.3 Å². The average Bonchev–Trinajstić information content (AvgIpc) is 2.26. The Bertz CT molecular complexity index is 166. The van der Waals surface area contributed by atoms with E-state index in [9.17, 15) is 4.79 Å². The highest BCUT2D eigenvalue weighted by molar-refractivity contribution is 5.77. The zero-order valence-corrected chi connectivity index (χ0v) is 9.72. The third kappa shape index (κ3) is 3.81. The number of carbonyl (C=O) groups is 1. The van der Waals surface area contributed by atoms with Crippen LogP contribution in [-0.4, -0.2) is 5.78 Å². The molecular weight excluding hydrogens is 172 g/mol. The van der Waals surface area contributed by atoms with Crippen molar-refractivity contribution in [2.24, 2.45) is 11.8 Å². The summed E-state index contributed by atoms with van der Waals surface area (Å²) in [7, 11) is 0. The number of carbonyl (C=O) groups excluding carboxylic acids is 1. The minimum Gasteiger partial charge on any atom is -0.300 e. The van der Waals surface area contributed by atoms with Crippen LogP contribution in [0.4, 0.5) is 0 Å². The second-order valence-corrected chi connectivity index (χ2v) is 4.73. The minimum atomic E-state index is 0.447. The molecule has 1 nitrogen and oxygen atoms in total. The van der Waals surface area contributed by atoms with E-state index in [1.165, 1.54) is 32.1 Å². The molecule has 0 unspecified atom stereocenters. The van der Waals surface area contributed by atoms with E-state index in [0.717, 1.165) is 31.1 Å². The molecule has 0 spiro atoms. The Kier molecular flexibility index (Phi) is 5.21. The second kappa shape index (κ2) is 6.21. The molecule has 0 N–H and O–H groups in total. The summed E-state index contributed by atoms with van der Waals surface area (Å²) in [5, 5.41) is 0. The summed E-state index contributed by atoms with van der Waals surface area (Å²) in [6.45, 7) is 4.27. The van der Waals surface area contributed by atoms with E-state index in [4.69, 9.17) is 0 Å². The van der Waals surface area contributed by atoms with E-state index in [1.54, 1.807) is 0 Å². The van der Waals surface area contributed by atoms with Crippen LogP contribution in [-0.2, 0) is 4.79 Å². The van der Waals surface area contributed by atoms with Crippen LogP contribution in [0.3, 0.4) is 0 Å². The van der Waals surface area contributed by atoms with Crippen LogP contribution in [0, 0.1) is 11.8 Å². The van der Waals surface area contributed by atoms with Crippen LogP contribution in [0.1, 0.15) is 65.2 Å². The number of ketones is 1. The first kappa shape index (κ1) is 11.7. The summed E-state index contributed by atoms with van der Waals surface area (Å²) in [6, 6.07) is 0. The summed E-state index contributed by atoms with van der Waals surface area (Å²) in [5.41, 5.74) is 0. The second-order valence-electron chi connectivity index (χ2n) is 4.73. The molecule has 14 heavy (non-hydrogen) atoms. The molecule has 0 amide bonds. The predicted molar refractivity (Wildman–Crippen MR) is 60.3 cm³/mol. The van der Waals surface area contributed by atoms with E-state index in [-0.39, 0.29) is 0 Å². The maximum Gasteiger partial charge on any atom is 0.132 e. The lowest BCUT2D eigenvalue weighted by Crippen LogP contribution is -2.14. The van der Waals surface area contributed by atoms with E-state index < -0.39 is 0 Å². The fraction of sp³-hybridized carbons (Fsp3) is 0.923. The Morgan fingerprint density at radius 2 is 1.64 bits per heavy atom. The molecule has 1 rings (SSSR count). The Hall–Kier alpha value is -0.330. The topological polar surface area (TPSA) is 17.1 Å². The molecule has 0 aromatic rings. The van der Waals surface area contributed by atoms with Gasteiger partial charge < -0.3 is 0 Å². The van der Waals surface area contributed by atoms with Gasteiger partial charge in [0.15, 0.2) is 0 Å². The van der Waals surface area contributed by atoms with Crippen molar-refractivity contribution in [3.63, 3.8) is 0 Å². The molecule has 0 aromatic carbocycles. The third-order valence-electron chi connectivity index (χ3n) is 3.77. The third-order valence-corrected chi connectivity index (χ3v) is 3.77. The van der Waals surface area contributed by atoms with E-state index in [0.29, 0.717) is 5.78 Å². The summed E-state index contributed by atoms with van der Waals surface area (Å²) in [6.07, 6.45) is 9.61. The van der Waals surface area contributed by atoms with Crippen LogP contribution < -0.4 is 0 Å².